The summed E-state index contributed by atoms with van der Waals surface area (Å²) in [7, 11) is 3.19. The molecule has 20 heavy (non-hydrogen) atoms. The van der Waals surface area contributed by atoms with Gasteiger partial charge in [-0.2, -0.15) is 5.10 Å². The summed E-state index contributed by atoms with van der Waals surface area (Å²) in [6.07, 6.45) is 1.24. The Balaban J connectivity index is 2.22. The molecule has 0 unspecified atom stereocenters. The van der Waals surface area contributed by atoms with Crippen LogP contribution < -0.4 is 5.32 Å². The Morgan fingerprint density at radius 1 is 1.40 bits per heavy atom. The largest absolute Gasteiger partial charge is 0.331 e. The molecular formula is C12H13F2N5O. The fraction of sp³-hybridized carbons (Fsp3) is 0.250. The van der Waals surface area contributed by atoms with Crippen LogP contribution in [0.2, 0.25) is 0 Å². The molecule has 0 spiro atoms. The Morgan fingerprint density at radius 3 is 2.80 bits per heavy atom. The van der Waals surface area contributed by atoms with E-state index in [-0.39, 0.29) is 18.3 Å². The molecular weight excluding hydrogens is 268 g/mol. The van der Waals surface area contributed by atoms with Crippen molar-refractivity contribution < 1.29 is 13.6 Å². The summed E-state index contributed by atoms with van der Waals surface area (Å²) in [5.41, 5.74) is 0.0676. The first-order chi connectivity index (χ1) is 9.49. The van der Waals surface area contributed by atoms with Crippen molar-refractivity contribution in [1.82, 2.24) is 25.0 Å². The van der Waals surface area contributed by atoms with E-state index in [4.69, 9.17) is 0 Å². The third kappa shape index (κ3) is 2.90. The molecule has 0 saturated heterocycles. The third-order valence-electron chi connectivity index (χ3n) is 2.56. The molecule has 2 amide bonds. The van der Waals surface area contributed by atoms with Crippen LogP contribution in [0.3, 0.4) is 0 Å². The minimum Gasteiger partial charge on any atom is -0.331 e. The Kier molecular flexibility index (Phi) is 3.92. The van der Waals surface area contributed by atoms with Crippen LogP contribution in [0.15, 0.2) is 24.5 Å². The maximum Gasteiger partial charge on any atom is 0.317 e. The second-order valence-corrected chi connectivity index (χ2v) is 4.24. The monoisotopic (exact) mass is 281 g/mol. The van der Waals surface area contributed by atoms with Gasteiger partial charge in [0, 0.05) is 20.2 Å². The van der Waals surface area contributed by atoms with Gasteiger partial charge in [-0.3, -0.25) is 0 Å². The number of nitrogens with one attached hydrogen (secondary N) is 1. The van der Waals surface area contributed by atoms with Crippen molar-refractivity contribution in [1.29, 1.82) is 0 Å². The van der Waals surface area contributed by atoms with Crippen LogP contribution in [0.1, 0.15) is 5.82 Å². The Labute approximate surface area is 114 Å². The first-order valence-corrected chi connectivity index (χ1v) is 5.78. The van der Waals surface area contributed by atoms with Gasteiger partial charge in [0.25, 0.3) is 0 Å². The molecule has 106 valence electrons. The molecule has 0 saturated carbocycles. The van der Waals surface area contributed by atoms with Crippen molar-refractivity contribution in [2.75, 3.05) is 14.1 Å². The van der Waals surface area contributed by atoms with Gasteiger partial charge in [0.2, 0.25) is 0 Å². The van der Waals surface area contributed by atoms with Crippen LogP contribution in [-0.4, -0.2) is 39.8 Å². The van der Waals surface area contributed by atoms with E-state index in [9.17, 15) is 13.6 Å². The lowest BCUT2D eigenvalue weighted by Crippen LogP contribution is -2.34. The lowest BCUT2D eigenvalue weighted by Gasteiger charge is -2.12. The van der Waals surface area contributed by atoms with Crippen LogP contribution in [0.4, 0.5) is 13.6 Å². The number of nitrogens with zero attached hydrogens (tertiary/aromatic N) is 4. The number of urea groups is 1. The van der Waals surface area contributed by atoms with E-state index in [1.54, 1.807) is 14.1 Å². The summed E-state index contributed by atoms with van der Waals surface area (Å²) in [6, 6.07) is 2.84. The summed E-state index contributed by atoms with van der Waals surface area (Å²) >= 11 is 0. The van der Waals surface area contributed by atoms with Crippen LogP contribution in [-0.2, 0) is 6.54 Å². The third-order valence-corrected chi connectivity index (χ3v) is 2.56. The zero-order valence-corrected chi connectivity index (χ0v) is 11.0. The van der Waals surface area contributed by atoms with E-state index in [2.05, 4.69) is 15.4 Å². The number of hydrogen-bond donors (Lipinski definition) is 1. The molecule has 0 aliphatic carbocycles. The van der Waals surface area contributed by atoms with Gasteiger partial charge in [-0.05, 0) is 12.1 Å². The van der Waals surface area contributed by atoms with Gasteiger partial charge in [0.05, 0.1) is 6.54 Å². The quantitative estimate of drug-likeness (QED) is 0.922. The van der Waals surface area contributed by atoms with Gasteiger partial charge < -0.3 is 10.2 Å². The molecule has 0 aliphatic rings. The number of rotatable bonds is 3. The van der Waals surface area contributed by atoms with Crippen molar-refractivity contribution in [3.05, 3.63) is 42.0 Å². The SMILES string of the molecule is CN(C)C(=O)NCc1ncnn1-c1ccc(F)cc1F. The highest BCUT2D eigenvalue weighted by Crippen LogP contribution is 2.14. The summed E-state index contributed by atoms with van der Waals surface area (Å²) in [4.78, 5) is 16.7. The number of carbonyl (C=O) groups excluding carboxylic acids is 1. The highest BCUT2D eigenvalue weighted by atomic mass is 19.1. The summed E-state index contributed by atoms with van der Waals surface area (Å²) in [5.74, 6) is -1.09. The summed E-state index contributed by atoms with van der Waals surface area (Å²) in [5, 5.41) is 6.47. The highest BCUT2D eigenvalue weighted by molar-refractivity contribution is 5.73. The molecule has 0 atom stereocenters. The smallest absolute Gasteiger partial charge is 0.317 e. The van der Waals surface area contributed by atoms with Crippen molar-refractivity contribution in [3.63, 3.8) is 0 Å². The van der Waals surface area contributed by atoms with Crippen molar-refractivity contribution in [3.8, 4) is 5.69 Å². The topological polar surface area (TPSA) is 63.1 Å². The van der Waals surface area contributed by atoms with E-state index in [1.165, 1.54) is 22.0 Å². The number of benzene rings is 1. The van der Waals surface area contributed by atoms with Crippen molar-refractivity contribution in [2.24, 2.45) is 0 Å². The van der Waals surface area contributed by atoms with E-state index >= 15 is 0 Å². The van der Waals surface area contributed by atoms with E-state index in [0.29, 0.717) is 5.82 Å². The first-order valence-electron chi connectivity index (χ1n) is 5.78. The molecule has 0 aliphatic heterocycles. The first kappa shape index (κ1) is 13.9. The number of carbonyl (C=O) groups is 1. The van der Waals surface area contributed by atoms with Gasteiger partial charge in [-0.15, -0.1) is 0 Å². The maximum atomic E-state index is 13.7. The average molecular weight is 281 g/mol. The van der Waals surface area contributed by atoms with E-state index in [1.807, 2.05) is 0 Å². The van der Waals surface area contributed by atoms with E-state index < -0.39 is 11.6 Å². The molecule has 1 aromatic carbocycles. The molecule has 1 heterocycles. The minimum atomic E-state index is -0.754. The molecule has 8 heteroatoms. The molecule has 6 nitrogen and oxygen atoms in total. The van der Waals surface area contributed by atoms with Gasteiger partial charge >= 0.3 is 6.03 Å². The fourth-order valence-electron chi connectivity index (χ4n) is 1.55. The van der Waals surface area contributed by atoms with Gasteiger partial charge in [0.15, 0.2) is 11.6 Å². The van der Waals surface area contributed by atoms with Gasteiger partial charge in [-0.1, -0.05) is 0 Å². The molecule has 1 aromatic heterocycles. The van der Waals surface area contributed by atoms with Crippen LogP contribution in [0.25, 0.3) is 5.69 Å². The Bertz CT molecular complexity index is 626. The molecule has 0 bridgehead atoms. The van der Waals surface area contributed by atoms with Gasteiger partial charge in [0.1, 0.15) is 17.8 Å². The number of aromatic nitrogens is 3. The lowest BCUT2D eigenvalue weighted by atomic mass is 10.3. The second kappa shape index (κ2) is 5.64. The Hall–Kier alpha value is -2.51. The van der Waals surface area contributed by atoms with E-state index in [0.717, 1.165) is 12.1 Å². The van der Waals surface area contributed by atoms with Crippen LogP contribution in [0, 0.1) is 11.6 Å². The van der Waals surface area contributed by atoms with Crippen LogP contribution in [0.5, 0.6) is 0 Å². The molecule has 0 radical (unpaired) electrons. The zero-order valence-electron chi connectivity index (χ0n) is 11.0. The van der Waals surface area contributed by atoms with Crippen molar-refractivity contribution in [2.45, 2.75) is 6.54 Å². The fourth-order valence-corrected chi connectivity index (χ4v) is 1.55. The van der Waals surface area contributed by atoms with Crippen molar-refractivity contribution >= 4 is 6.03 Å². The number of halogens is 2. The molecule has 0 fully saturated rings. The van der Waals surface area contributed by atoms with Crippen LogP contribution >= 0.6 is 0 Å². The molecule has 2 rings (SSSR count). The normalized spacial score (nSPS) is 10.4. The average Bonchev–Trinajstić information content (AvgIpc) is 2.84. The maximum absolute atomic E-state index is 13.7. The summed E-state index contributed by atoms with van der Waals surface area (Å²) < 4.78 is 27.8. The zero-order chi connectivity index (χ0) is 14.7. The standard InChI is InChI=1S/C12H13F2N5O/c1-18(2)12(20)15-6-11-16-7-17-19(11)10-4-3-8(13)5-9(10)14/h3-5,7H,6H2,1-2H3,(H,15,20). The Morgan fingerprint density at radius 2 is 2.15 bits per heavy atom. The number of amides is 2. The predicted molar refractivity (Wildman–Crippen MR) is 67.2 cm³/mol. The van der Waals surface area contributed by atoms with Gasteiger partial charge in [-0.25, -0.2) is 23.2 Å². The molecule has 2 aromatic rings. The number of hydrogen-bond acceptors (Lipinski definition) is 3. The second-order valence-electron chi connectivity index (χ2n) is 4.24. The minimum absolute atomic E-state index is 0.0676. The summed E-state index contributed by atoms with van der Waals surface area (Å²) in [6.45, 7) is 0.0772. The molecule has 1 N–H and O–H groups in total. The highest BCUT2D eigenvalue weighted by Gasteiger charge is 2.13. The lowest BCUT2D eigenvalue weighted by molar-refractivity contribution is 0.216. The predicted octanol–water partition coefficient (Wildman–Crippen LogP) is 1.32.